The number of esters is 1. The lowest BCUT2D eigenvalue weighted by atomic mass is 9.96. The number of rotatable bonds is 10. The van der Waals surface area contributed by atoms with E-state index < -0.39 is 11.6 Å². The second-order valence-corrected chi connectivity index (χ2v) is 6.24. The number of carbonyl (C=O) groups is 1. The molecule has 0 aliphatic carbocycles. The minimum absolute atomic E-state index is 0.176. The molecule has 19 heavy (non-hydrogen) atoms. The molecule has 0 aromatic carbocycles. The van der Waals surface area contributed by atoms with Gasteiger partial charge in [0.05, 0.1) is 19.3 Å². The molecular weight excluding hydrogens is 266 g/mol. The average Bonchev–Trinajstić information content (AvgIpc) is 2.36. The summed E-state index contributed by atoms with van der Waals surface area (Å²) in [6.07, 6.45) is -0.0944. The zero-order valence-electron chi connectivity index (χ0n) is 12.3. The summed E-state index contributed by atoms with van der Waals surface area (Å²) in [6, 6.07) is 0. The molecule has 0 spiro atoms. The third-order valence-corrected chi connectivity index (χ3v) is 4.09. The maximum absolute atomic E-state index is 12.0. The van der Waals surface area contributed by atoms with Crippen LogP contribution in [0.3, 0.4) is 0 Å². The predicted molar refractivity (Wildman–Crippen MR) is 78.3 cm³/mol. The number of aliphatic hydroxyl groups is 2. The number of ether oxygens (including phenoxy) is 1. The molecule has 0 fully saturated rings. The first-order valence-electron chi connectivity index (χ1n) is 6.72. The summed E-state index contributed by atoms with van der Waals surface area (Å²) < 4.78 is 5.11. The Morgan fingerprint density at radius 2 is 2.11 bits per heavy atom. The van der Waals surface area contributed by atoms with Crippen molar-refractivity contribution in [1.29, 1.82) is 0 Å². The highest BCUT2D eigenvalue weighted by Crippen LogP contribution is 2.23. The lowest BCUT2D eigenvalue weighted by Gasteiger charge is -2.30. The molecule has 0 aliphatic heterocycles. The van der Waals surface area contributed by atoms with Crippen molar-refractivity contribution in [3.05, 3.63) is 0 Å². The van der Waals surface area contributed by atoms with Crippen LogP contribution in [-0.2, 0) is 9.53 Å². The van der Waals surface area contributed by atoms with Crippen molar-refractivity contribution in [2.24, 2.45) is 0 Å². The third kappa shape index (κ3) is 7.15. The Bertz CT molecular complexity index is 265. The van der Waals surface area contributed by atoms with Crippen molar-refractivity contribution < 1.29 is 19.7 Å². The smallest absolute Gasteiger partial charge is 0.326 e. The number of nitrogens with one attached hydrogen (secondary N) is 1. The van der Waals surface area contributed by atoms with E-state index >= 15 is 0 Å². The minimum atomic E-state index is -0.708. The molecule has 0 rings (SSSR count). The Morgan fingerprint density at radius 1 is 1.47 bits per heavy atom. The highest BCUT2D eigenvalue weighted by Gasteiger charge is 2.35. The largest absolute Gasteiger partial charge is 0.465 e. The standard InChI is InChI=1S/C13H27NO4S/c1-5-14-13(4,12(17)18-6-2)7-10(3)19-9-11(16)8-15/h10-11,14-16H,5-9H2,1-4H3. The maximum Gasteiger partial charge on any atom is 0.326 e. The molecule has 114 valence electrons. The van der Waals surface area contributed by atoms with Crippen molar-refractivity contribution in [2.75, 3.05) is 25.5 Å². The van der Waals surface area contributed by atoms with E-state index in [2.05, 4.69) is 5.32 Å². The van der Waals surface area contributed by atoms with Gasteiger partial charge in [-0.05, 0) is 26.8 Å². The normalized spacial score (nSPS) is 17.6. The highest BCUT2D eigenvalue weighted by molar-refractivity contribution is 7.99. The minimum Gasteiger partial charge on any atom is -0.465 e. The number of likely N-dealkylation sites (N-methyl/N-ethyl adjacent to an activating group) is 1. The highest BCUT2D eigenvalue weighted by atomic mass is 32.2. The Labute approximate surface area is 120 Å². The van der Waals surface area contributed by atoms with Gasteiger partial charge >= 0.3 is 5.97 Å². The molecule has 0 amide bonds. The first-order valence-corrected chi connectivity index (χ1v) is 7.77. The fraction of sp³-hybridized carbons (Fsp3) is 0.923. The summed E-state index contributed by atoms with van der Waals surface area (Å²) in [5.74, 6) is 0.217. The fourth-order valence-electron chi connectivity index (χ4n) is 1.87. The van der Waals surface area contributed by atoms with Crippen LogP contribution in [-0.4, -0.2) is 58.6 Å². The third-order valence-electron chi connectivity index (χ3n) is 2.77. The van der Waals surface area contributed by atoms with Crippen molar-refractivity contribution in [3.8, 4) is 0 Å². The summed E-state index contributed by atoms with van der Waals surface area (Å²) >= 11 is 1.54. The van der Waals surface area contributed by atoms with Crippen LogP contribution in [0.4, 0.5) is 0 Å². The lowest BCUT2D eigenvalue weighted by Crippen LogP contribution is -2.51. The molecule has 0 radical (unpaired) electrons. The summed E-state index contributed by atoms with van der Waals surface area (Å²) in [7, 11) is 0. The Hall–Kier alpha value is -0.300. The first kappa shape index (κ1) is 18.7. The zero-order valence-corrected chi connectivity index (χ0v) is 13.1. The van der Waals surface area contributed by atoms with E-state index in [1.165, 1.54) is 11.8 Å². The Morgan fingerprint density at radius 3 is 2.58 bits per heavy atom. The van der Waals surface area contributed by atoms with E-state index in [1.807, 2.05) is 20.8 Å². The van der Waals surface area contributed by atoms with E-state index in [0.717, 1.165) is 0 Å². The van der Waals surface area contributed by atoms with Crippen molar-refractivity contribution in [1.82, 2.24) is 5.32 Å². The van der Waals surface area contributed by atoms with E-state index in [9.17, 15) is 9.90 Å². The van der Waals surface area contributed by atoms with E-state index in [1.54, 1.807) is 6.92 Å². The summed E-state index contributed by atoms with van der Waals surface area (Å²) in [5.41, 5.74) is -0.707. The van der Waals surface area contributed by atoms with Crippen LogP contribution in [0.15, 0.2) is 0 Å². The van der Waals surface area contributed by atoms with Gasteiger partial charge in [0, 0.05) is 11.0 Å². The van der Waals surface area contributed by atoms with Gasteiger partial charge in [-0.25, -0.2) is 0 Å². The van der Waals surface area contributed by atoms with Crippen molar-refractivity contribution in [2.45, 2.75) is 51.0 Å². The molecular formula is C13H27NO4S. The van der Waals surface area contributed by atoms with Gasteiger partial charge in [-0.2, -0.15) is 11.8 Å². The van der Waals surface area contributed by atoms with Crippen LogP contribution >= 0.6 is 11.8 Å². The van der Waals surface area contributed by atoms with Crippen LogP contribution in [0.1, 0.15) is 34.1 Å². The zero-order chi connectivity index (χ0) is 14.9. The molecule has 0 aromatic rings. The number of aliphatic hydroxyl groups excluding tert-OH is 2. The second-order valence-electron chi connectivity index (χ2n) is 4.77. The molecule has 5 nitrogen and oxygen atoms in total. The molecule has 0 saturated heterocycles. The van der Waals surface area contributed by atoms with Gasteiger partial charge < -0.3 is 20.3 Å². The van der Waals surface area contributed by atoms with Gasteiger partial charge in [-0.1, -0.05) is 13.8 Å². The van der Waals surface area contributed by atoms with Gasteiger partial charge in [0.15, 0.2) is 0 Å². The molecule has 0 aromatic heterocycles. The van der Waals surface area contributed by atoms with Crippen molar-refractivity contribution in [3.63, 3.8) is 0 Å². The van der Waals surface area contributed by atoms with Crippen LogP contribution in [0, 0.1) is 0 Å². The van der Waals surface area contributed by atoms with Crippen LogP contribution < -0.4 is 5.32 Å². The van der Waals surface area contributed by atoms with Gasteiger partial charge in [-0.3, -0.25) is 4.79 Å². The van der Waals surface area contributed by atoms with Crippen LogP contribution in [0.25, 0.3) is 0 Å². The van der Waals surface area contributed by atoms with Gasteiger partial charge in [0.25, 0.3) is 0 Å². The predicted octanol–water partition coefficient (Wildman–Crippen LogP) is 0.783. The second kappa shape index (κ2) is 9.58. The molecule has 0 saturated carbocycles. The monoisotopic (exact) mass is 293 g/mol. The van der Waals surface area contributed by atoms with Crippen LogP contribution in [0.2, 0.25) is 0 Å². The maximum atomic E-state index is 12.0. The molecule has 0 bridgehead atoms. The Balaban J connectivity index is 4.43. The summed E-state index contributed by atoms with van der Waals surface area (Å²) in [4.78, 5) is 12.0. The van der Waals surface area contributed by atoms with Gasteiger partial charge in [0.2, 0.25) is 0 Å². The molecule has 3 atom stereocenters. The van der Waals surface area contributed by atoms with E-state index in [4.69, 9.17) is 9.84 Å². The summed E-state index contributed by atoms with van der Waals surface area (Å²) in [6.45, 7) is 8.40. The SMILES string of the molecule is CCNC(C)(CC(C)SCC(O)CO)C(=O)OCC. The number of carbonyl (C=O) groups excluding carboxylic acids is 1. The topological polar surface area (TPSA) is 78.8 Å². The van der Waals surface area contributed by atoms with Gasteiger partial charge in [-0.15, -0.1) is 0 Å². The fourth-order valence-corrected chi connectivity index (χ4v) is 2.98. The molecule has 3 N–H and O–H groups in total. The molecule has 3 unspecified atom stereocenters. The number of hydrogen-bond donors (Lipinski definition) is 3. The van der Waals surface area contributed by atoms with Gasteiger partial charge in [0.1, 0.15) is 5.54 Å². The number of thioether (sulfide) groups is 1. The lowest BCUT2D eigenvalue weighted by molar-refractivity contribution is -0.150. The van der Waals surface area contributed by atoms with E-state index in [0.29, 0.717) is 25.3 Å². The molecule has 0 aliphatic rings. The Kier molecular flexibility index (Phi) is 9.43. The molecule has 6 heteroatoms. The number of hydrogen-bond acceptors (Lipinski definition) is 6. The van der Waals surface area contributed by atoms with Crippen molar-refractivity contribution >= 4 is 17.7 Å². The van der Waals surface area contributed by atoms with E-state index in [-0.39, 0.29) is 17.8 Å². The average molecular weight is 293 g/mol. The quantitative estimate of drug-likeness (QED) is 0.517. The molecule has 0 heterocycles. The summed E-state index contributed by atoms with van der Waals surface area (Å²) in [5, 5.41) is 21.4. The first-order chi connectivity index (χ1) is 8.89. The van der Waals surface area contributed by atoms with Crippen LogP contribution in [0.5, 0.6) is 0 Å².